The lowest BCUT2D eigenvalue weighted by Crippen LogP contribution is -2.46. The Kier molecular flexibility index (Phi) is 4.83. The Hall–Kier alpha value is -1.00. The summed E-state index contributed by atoms with van der Waals surface area (Å²) in [5.41, 5.74) is 0. The summed E-state index contributed by atoms with van der Waals surface area (Å²) in [6.07, 6.45) is 3.48. The fourth-order valence-electron chi connectivity index (χ4n) is 1.93. The summed E-state index contributed by atoms with van der Waals surface area (Å²) in [6.45, 7) is 3.09. The van der Waals surface area contributed by atoms with Crippen molar-refractivity contribution in [3.05, 3.63) is 24.2 Å². The van der Waals surface area contributed by atoms with Crippen LogP contribution in [0.15, 0.2) is 22.8 Å². The van der Waals surface area contributed by atoms with Gasteiger partial charge in [-0.25, -0.2) is 0 Å². The van der Waals surface area contributed by atoms with Gasteiger partial charge in [-0.15, -0.1) is 12.4 Å². The number of nitrogens with one attached hydrogen (secondary N) is 2. The molecular formula is C11H17ClN2O2. The summed E-state index contributed by atoms with van der Waals surface area (Å²) in [5, 5.41) is 6.32. The molecule has 2 N–H and O–H groups in total. The number of halogens is 1. The number of piperidine rings is 1. The smallest absolute Gasteiger partial charge is 0.287 e. The predicted octanol–water partition coefficient (Wildman–Crippen LogP) is 1.57. The van der Waals surface area contributed by atoms with Crippen LogP contribution in [0.25, 0.3) is 0 Å². The third kappa shape index (κ3) is 3.25. The molecular weight excluding hydrogens is 228 g/mol. The molecule has 16 heavy (non-hydrogen) atoms. The molecule has 0 radical (unpaired) electrons. The summed E-state index contributed by atoms with van der Waals surface area (Å²) in [6, 6.07) is 4.14. The first-order chi connectivity index (χ1) is 7.25. The highest BCUT2D eigenvalue weighted by Crippen LogP contribution is 2.09. The van der Waals surface area contributed by atoms with Crippen LogP contribution in [0.5, 0.6) is 0 Å². The average molecular weight is 245 g/mol. The van der Waals surface area contributed by atoms with Crippen molar-refractivity contribution in [2.24, 2.45) is 0 Å². The van der Waals surface area contributed by atoms with Crippen molar-refractivity contribution < 1.29 is 9.21 Å². The summed E-state index contributed by atoms with van der Waals surface area (Å²) in [5.74, 6) is 0.278. The minimum absolute atomic E-state index is 0. The summed E-state index contributed by atoms with van der Waals surface area (Å²) in [7, 11) is 0. The van der Waals surface area contributed by atoms with E-state index in [0.717, 1.165) is 19.4 Å². The second-order valence-electron chi connectivity index (χ2n) is 4.03. The maximum Gasteiger partial charge on any atom is 0.287 e. The molecule has 5 heteroatoms. The van der Waals surface area contributed by atoms with E-state index >= 15 is 0 Å². The fourth-order valence-corrected chi connectivity index (χ4v) is 1.93. The summed E-state index contributed by atoms with van der Waals surface area (Å²) < 4.78 is 5.04. The van der Waals surface area contributed by atoms with Gasteiger partial charge in [0, 0.05) is 12.1 Å². The van der Waals surface area contributed by atoms with Crippen LogP contribution in [0.3, 0.4) is 0 Å². The largest absolute Gasteiger partial charge is 0.459 e. The van der Waals surface area contributed by atoms with Crippen LogP contribution in [0.1, 0.15) is 30.3 Å². The van der Waals surface area contributed by atoms with Gasteiger partial charge in [0.05, 0.1) is 6.26 Å². The Bertz CT molecular complexity index is 327. The van der Waals surface area contributed by atoms with E-state index < -0.39 is 0 Å². The van der Waals surface area contributed by atoms with Gasteiger partial charge in [0.15, 0.2) is 5.76 Å². The molecule has 1 aliphatic rings. The van der Waals surface area contributed by atoms with Crippen molar-refractivity contribution in [2.45, 2.75) is 31.8 Å². The summed E-state index contributed by atoms with van der Waals surface area (Å²) >= 11 is 0. The van der Waals surface area contributed by atoms with Gasteiger partial charge in [0.1, 0.15) is 0 Å². The number of hydrogen-bond donors (Lipinski definition) is 2. The molecule has 90 valence electrons. The van der Waals surface area contributed by atoms with Gasteiger partial charge in [-0.05, 0) is 38.4 Å². The SMILES string of the molecule is CC1CC(NC(=O)c2ccco2)CCN1.Cl. The van der Waals surface area contributed by atoms with Crippen molar-refractivity contribution in [1.29, 1.82) is 0 Å². The molecule has 1 amide bonds. The van der Waals surface area contributed by atoms with Gasteiger partial charge < -0.3 is 15.1 Å². The molecule has 2 atom stereocenters. The van der Waals surface area contributed by atoms with E-state index in [-0.39, 0.29) is 24.4 Å². The molecule has 1 saturated heterocycles. The Morgan fingerprint density at radius 2 is 2.44 bits per heavy atom. The lowest BCUT2D eigenvalue weighted by molar-refractivity contribution is 0.0897. The van der Waals surface area contributed by atoms with E-state index in [9.17, 15) is 4.79 Å². The monoisotopic (exact) mass is 244 g/mol. The number of furan rings is 1. The van der Waals surface area contributed by atoms with Gasteiger partial charge in [0.2, 0.25) is 0 Å². The van der Waals surface area contributed by atoms with E-state index in [1.165, 1.54) is 6.26 Å². The normalized spacial score (nSPS) is 24.6. The molecule has 2 heterocycles. The first kappa shape index (κ1) is 13.1. The van der Waals surface area contributed by atoms with Crippen LogP contribution >= 0.6 is 12.4 Å². The number of hydrogen-bond acceptors (Lipinski definition) is 3. The van der Waals surface area contributed by atoms with Gasteiger partial charge >= 0.3 is 0 Å². The van der Waals surface area contributed by atoms with Gasteiger partial charge in [-0.1, -0.05) is 0 Å². The molecule has 1 fully saturated rings. The maximum absolute atomic E-state index is 11.7. The highest BCUT2D eigenvalue weighted by atomic mass is 35.5. The van der Waals surface area contributed by atoms with E-state index in [4.69, 9.17) is 4.42 Å². The first-order valence-electron chi connectivity index (χ1n) is 5.33. The maximum atomic E-state index is 11.7. The van der Waals surface area contributed by atoms with E-state index in [0.29, 0.717) is 11.8 Å². The number of carbonyl (C=O) groups excluding carboxylic acids is 1. The molecule has 0 spiro atoms. The van der Waals surface area contributed by atoms with Gasteiger partial charge in [-0.3, -0.25) is 4.79 Å². The topological polar surface area (TPSA) is 54.3 Å². The second-order valence-corrected chi connectivity index (χ2v) is 4.03. The van der Waals surface area contributed by atoms with Crippen molar-refractivity contribution >= 4 is 18.3 Å². The average Bonchev–Trinajstić information content (AvgIpc) is 2.70. The van der Waals surface area contributed by atoms with Gasteiger partial charge in [-0.2, -0.15) is 0 Å². The molecule has 1 aromatic heterocycles. The minimum atomic E-state index is -0.112. The standard InChI is InChI=1S/C11H16N2O2.ClH/c1-8-7-9(4-5-12-8)13-11(14)10-3-2-6-15-10;/h2-3,6,8-9,12H,4-5,7H2,1H3,(H,13,14);1H. The van der Waals surface area contributed by atoms with Crippen molar-refractivity contribution in [2.75, 3.05) is 6.54 Å². The molecule has 1 aliphatic heterocycles. The van der Waals surface area contributed by atoms with Crippen LogP contribution < -0.4 is 10.6 Å². The number of amides is 1. The molecule has 4 nitrogen and oxygen atoms in total. The summed E-state index contributed by atoms with van der Waals surface area (Å²) in [4.78, 5) is 11.7. The lowest BCUT2D eigenvalue weighted by Gasteiger charge is -2.28. The van der Waals surface area contributed by atoms with E-state index in [2.05, 4.69) is 17.6 Å². The molecule has 0 aromatic carbocycles. The Morgan fingerprint density at radius 3 is 3.06 bits per heavy atom. The first-order valence-corrected chi connectivity index (χ1v) is 5.33. The molecule has 0 bridgehead atoms. The Morgan fingerprint density at radius 1 is 1.62 bits per heavy atom. The Labute approximate surface area is 101 Å². The van der Waals surface area contributed by atoms with Crippen LogP contribution in [-0.2, 0) is 0 Å². The van der Waals surface area contributed by atoms with Crippen LogP contribution in [0, 0.1) is 0 Å². The third-order valence-corrected chi connectivity index (χ3v) is 2.70. The molecule has 1 aromatic rings. The van der Waals surface area contributed by atoms with E-state index in [1.54, 1.807) is 12.1 Å². The highest BCUT2D eigenvalue weighted by molar-refractivity contribution is 5.91. The zero-order valence-electron chi connectivity index (χ0n) is 9.23. The lowest BCUT2D eigenvalue weighted by atomic mass is 10.0. The van der Waals surface area contributed by atoms with Crippen molar-refractivity contribution in [1.82, 2.24) is 10.6 Å². The van der Waals surface area contributed by atoms with Crippen LogP contribution in [0.4, 0.5) is 0 Å². The molecule has 0 aliphatic carbocycles. The zero-order valence-corrected chi connectivity index (χ0v) is 10.0. The van der Waals surface area contributed by atoms with Crippen molar-refractivity contribution in [3.63, 3.8) is 0 Å². The van der Waals surface area contributed by atoms with Crippen LogP contribution in [-0.4, -0.2) is 24.5 Å². The molecule has 2 unspecified atom stereocenters. The molecule has 2 rings (SSSR count). The minimum Gasteiger partial charge on any atom is -0.459 e. The van der Waals surface area contributed by atoms with Crippen molar-refractivity contribution in [3.8, 4) is 0 Å². The third-order valence-electron chi connectivity index (χ3n) is 2.70. The number of carbonyl (C=O) groups is 1. The van der Waals surface area contributed by atoms with Crippen LogP contribution in [0.2, 0.25) is 0 Å². The zero-order chi connectivity index (χ0) is 10.7. The van der Waals surface area contributed by atoms with Gasteiger partial charge in [0.25, 0.3) is 5.91 Å². The number of rotatable bonds is 2. The quantitative estimate of drug-likeness (QED) is 0.831. The fraction of sp³-hybridized carbons (Fsp3) is 0.545. The predicted molar refractivity (Wildman–Crippen MR) is 63.9 cm³/mol. The second kappa shape index (κ2) is 5.92. The highest BCUT2D eigenvalue weighted by Gasteiger charge is 2.21. The Balaban J connectivity index is 0.00000128. The molecule has 0 saturated carbocycles. The van der Waals surface area contributed by atoms with E-state index in [1.807, 2.05) is 0 Å².